The molecule has 1 aromatic carbocycles. The first-order chi connectivity index (χ1) is 9.12. The largest absolute Gasteiger partial charge is 0.389 e. The Morgan fingerprint density at radius 1 is 1.21 bits per heavy atom. The van der Waals surface area contributed by atoms with Crippen molar-refractivity contribution in [3.05, 3.63) is 33.8 Å². The third-order valence-corrected chi connectivity index (χ3v) is 5.54. The Hall–Kier alpha value is -0.280. The Labute approximate surface area is 124 Å². The van der Waals surface area contributed by atoms with Crippen molar-refractivity contribution >= 4 is 23.2 Å². The van der Waals surface area contributed by atoms with Gasteiger partial charge in [0.25, 0.3) is 0 Å². The average Bonchev–Trinajstić information content (AvgIpc) is 2.40. The molecule has 19 heavy (non-hydrogen) atoms. The van der Waals surface area contributed by atoms with Gasteiger partial charge in [-0.15, -0.1) is 0 Å². The number of hydrogen-bond acceptors (Lipinski definition) is 2. The molecular formula is C15H19Cl2NO. The highest BCUT2D eigenvalue weighted by atomic mass is 35.5. The van der Waals surface area contributed by atoms with Gasteiger partial charge in [0.1, 0.15) is 0 Å². The van der Waals surface area contributed by atoms with Gasteiger partial charge < -0.3 is 10.4 Å². The van der Waals surface area contributed by atoms with Crippen LogP contribution >= 0.6 is 23.2 Å². The fourth-order valence-electron chi connectivity index (χ4n) is 3.71. The number of fused-ring (bicyclic) bond motifs is 1. The van der Waals surface area contributed by atoms with Crippen molar-refractivity contribution in [2.24, 2.45) is 5.92 Å². The summed E-state index contributed by atoms with van der Waals surface area (Å²) in [5.74, 6) is 0.242. The SMILES string of the molecule is O[C@@]12CCCC[C@H]1[C@@H](c1cccc(Cl)c1Cl)NCC2. The minimum atomic E-state index is -0.528. The molecule has 0 radical (unpaired) electrons. The van der Waals surface area contributed by atoms with Crippen molar-refractivity contribution < 1.29 is 5.11 Å². The summed E-state index contributed by atoms with van der Waals surface area (Å²) in [4.78, 5) is 0. The Kier molecular flexibility index (Phi) is 3.78. The minimum absolute atomic E-state index is 0.116. The van der Waals surface area contributed by atoms with Gasteiger partial charge in [-0.2, -0.15) is 0 Å². The fraction of sp³-hybridized carbons (Fsp3) is 0.600. The molecule has 2 nitrogen and oxygen atoms in total. The minimum Gasteiger partial charge on any atom is -0.389 e. The molecule has 0 bridgehead atoms. The maximum atomic E-state index is 10.9. The number of nitrogens with one attached hydrogen (secondary N) is 1. The Morgan fingerprint density at radius 3 is 2.89 bits per heavy atom. The summed E-state index contributed by atoms with van der Waals surface area (Å²) < 4.78 is 0. The molecule has 1 heterocycles. The van der Waals surface area contributed by atoms with Gasteiger partial charge in [0, 0.05) is 12.0 Å². The van der Waals surface area contributed by atoms with E-state index < -0.39 is 5.60 Å². The quantitative estimate of drug-likeness (QED) is 0.823. The lowest BCUT2D eigenvalue weighted by molar-refractivity contribution is -0.0861. The van der Waals surface area contributed by atoms with Crippen molar-refractivity contribution in [1.29, 1.82) is 0 Å². The molecule has 0 amide bonds. The van der Waals surface area contributed by atoms with E-state index >= 15 is 0 Å². The van der Waals surface area contributed by atoms with Crippen LogP contribution in [0.3, 0.4) is 0 Å². The first-order valence-electron chi connectivity index (χ1n) is 7.01. The first-order valence-corrected chi connectivity index (χ1v) is 7.77. The second-order valence-electron chi connectivity index (χ2n) is 5.78. The van der Waals surface area contributed by atoms with Gasteiger partial charge >= 0.3 is 0 Å². The molecule has 4 heteroatoms. The molecule has 1 saturated carbocycles. The van der Waals surface area contributed by atoms with Gasteiger partial charge in [-0.25, -0.2) is 0 Å². The van der Waals surface area contributed by atoms with Crippen LogP contribution in [0.15, 0.2) is 18.2 Å². The van der Waals surface area contributed by atoms with Gasteiger partial charge in [0.15, 0.2) is 0 Å². The van der Waals surface area contributed by atoms with E-state index in [1.807, 2.05) is 18.2 Å². The third kappa shape index (κ3) is 2.40. The molecule has 2 N–H and O–H groups in total. The molecule has 104 valence electrons. The zero-order chi connectivity index (χ0) is 13.5. The highest BCUT2D eigenvalue weighted by Gasteiger charge is 2.46. The van der Waals surface area contributed by atoms with Crippen LogP contribution in [0.5, 0.6) is 0 Å². The summed E-state index contributed by atoms with van der Waals surface area (Å²) in [7, 11) is 0. The number of hydrogen-bond donors (Lipinski definition) is 2. The van der Waals surface area contributed by atoms with Gasteiger partial charge in [-0.05, 0) is 37.4 Å². The second kappa shape index (κ2) is 5.25. The molecule has 3 atom stereocenters. The number of halogens is 2. The van der Waals surface area contributed by atoms with E-state index in [1.165, 1.54) is 6.42 Å². The van der Waals surface area contributed by atoms with Gasteiger partial charge in [-0.1, -0.05) is 48.2 Å². The maximum Gasteiger partial charge on any atom is 0.0706 e. The second-order valence-corrected chi connectivity index (χ2v) is 6.57. The van der Waals surface area contributed by atoms with E-state index in [9.17, 15) is 5.11 Å². The average molecular weight is 300 g/mol. The number of aliphatic hydroxyl groups is 1. The van der Waals surface area contributed by atoms with Crippen molar-refractivity contribution in [2.75, 3.05) is 6.54 Å². The molecule has 0 spiro atoms. The Morgan fingerprint density at radius 2 is 2.05 bits per heavy atom. The smallest absolute Gasteiger partial charge is 0.0706 e. The van der Waals surface area contributed by atoms with E-state index in [0.717, 1.165) is 37.8 Å². The predicted octanol–water partition coefficient (Wildman–Crippen LogP) is 3.95. The maximum absolute atomic E-state index is 10.9. The van der Waals surface area contributed by atoms with Crippen LogP contribution in [-0.4, -0.2) is 17.3 Å². The Balaban J connectivity index is 1.97. The molecule has 1 saturated heterocycles. The highest BCUT2D eigenvalue weighted by molar-refractivity contribution is 6.42. The monoisotopic (exact) mass is 299 g/mol. The standard InChI is InChI=1S/C15H19Cl2NO/c16-12-6-3-4-10(13(12)17)14-11-5-1-2-7-15(11,19)8-9-18-14/h3-4,6,11,14,18-19H,1-2,5,7-9H2/t11-,14+,15+/m0/s1. The lowest BCUT2D eigenvalue weighted by Gasteiger charge is -2.48. The first kappa shape index (κ1) is 13.7. The van der Waals surface area contributed by atoms with Crippen molar-refractivity contribution in [1.82, 2.24) is 5.32 Å². The molecule has 0 aromatic heterocycles. The van der Waals surface area contributed by atoms with E-state index in [1.54, 1.807) is 0 Å². The van der Waals surface area contributed by atoms with E-state index in [-0.39, 0.29) is 12.0 Å². The molecule has 2 aliphatic rings. The summed E-state index contributed by atoms with van der Waals surface area (Å²) in [6.07, 6.45) is 5.11. The number of piperidine rings is 1. The third-order valence-electron chi connectivity index (χ3n) is 4.71. The topological polar surface area (TPSA) is 32.3 Å². The summed E-state index contributed by atoms with van der Waals surface area (Å²) in [5.41, 5.74) is 0.499. The van der Waals surface area contributed by atoms with Crippen LogP contribution in [0.25, 0.3) is 0 Å². The summed E-state index contributed by atoms with van der Waals surface area (Å²) in [5, 5.41) is 15.6. The Bertz CT molecular complexity index is 475. The van der Waals surface area contributed by atoms with E-state index in [0.29, 0.717) is 10.0 Å². The van der Waals surface area contributed by atoms with Crippen LogP contribution < -0.4 is 5.32 Å². The molecule has 0 unspecified atom stereocenters. The van der Waals surface area contributed by atoms with Crippen molar-refractivity contribution in [3.63, 3.8) is 0 Å². The van der Waals surface area contributed by atoms with Crippen molar-refractivity contribution in [2.45, 2.75) is 43.7 Å². The fourth-order valence-corrected chi connectivity index (χ4v) is 4.14. The van der Waals surface area contributed by atoms with Crippen LogP contribution in [0.4, 0.5) is 0 Å². The molecule has 2 fully saturated rings. The summed E-state index contributed by atoms with van der Waals surface area (Å²) in [6.45, 7) is 0.834. The van der Waals surface area contributed by atoms with Gasteiger partial charge in [-0.3, -0.25) is 0 Å². The normalized spacial score (nSPS) is 34.9. The lowest BCUT2D eigenvalue weighted by atomic mass is 9.67. The number of rotatable bonds is 1. The summed E-state index contributed by atoms with van der Waals surface area (Å²) >= 11 is 12.5. The highest BCUT2D eigenvalue weighted by Crippen LogP contribution is 2.47. The summed E-state index contributed by atoms with van der Waals surface area (Å²) in [6, 6.07) is 5.88. The van der Waals surface area contributed by atoms with Gasteiger partial charge in [0.2, 0.25) is 0 Å². The van der Waals surface area contributed by atoms with Gasteiger partial charge in [0.05, 0.1) is 15.6 Å². The molecule has 3 rings (SSSR count). The molecule has 1 aromatic rings. The van der Waals surface area contributed by atoms with Crippen LogP contribution in [-0.2, 0) is 0 Å². The van der Waals surface area contributed by atoms with Crippen molar-refractivity contribution in [3.8, 4) is 0 Å². The molecule has 1 aliphatic heterocycles. The molecule has 1 aliphatic carbocycles. The van der Waals surface area contributed by atoms with E-state index in [4.69, 9.17) is 23.2 Å². The zero-order valence-electron chi connectivity index (χ0n) is 10.8. The molecular weight excluding hydrogens is 281 g/mol. The van der Waals surface area contributed by atoms with Crippen LogP contribution in [0.2, 0.25) is 10.0 Å². The zero-order valence-corrected chi connectivity index (χ0v) is 12.3. The number of benzene rings is 1. The van der Waals surface area contributed by atoms with Crippen LogP contribution in [0.1, 0.15) is 43.7 Å². The predicted molar refractivity (Wildman–Crippen MR) is 78.7 cm³/mol. The van der Waals surface area contributed by atoms with E-state index in [2.05, 4.69) is 5.32 Å². The lowest BCUT2D eigenvalue weighted by Crippen LogP contribution is -2.53. The van der Waals surface area contributed by atoms with Crippen LogP contribution in [0, 0.1) is 5.92 Å².